The summed E-state index contributed by atoms with van der Waals surface area (Å²) < 4.78 is 52.0. The first kappa shape index (κ1) is 25.1. The van der Waals surface area contributed by atoms with Crippen LogP contribution in [0, 0.1) is 5.92 Å². The number of sulfone groups is 1. The van der Waals surface area contributed by atoms with Gasteiger partial charge in [-0.1, -0.05) is 80.6 Å². The molecule has 3 aromatic rings. The van der Waals surface area contributed by atoms with Crippen molar-refractivity contribution in [3.63, 3.8) is 0 Å². The smallest absolute Gasteiger partial charge is 0.218 e. The summed E-state index contributed by atoms with van der Waals surface area (Å²) in [6.45, 7) is 6.35. The molecule has 0 aromatic heterocycles. The predicted octanol–water partition coefficient (Wildman–Crippen LogP) is 5.31. The highest BCUT2D eigenvalue weighted by Crippen LogP contribution is 2.29. The predicted molar refractivity (Wildman–Crippen MR) is 134 cm³/mol. The standard InChI is InChI=1S/C26H31NO4S2/c1-20(2)18-27(33(30,31)19-22-9-6-5-7-10-22)21(3)23-13-15-24(16-14-23)25-11-8-12-26(17-25)32(4,28)29/h5-17,20-21H,18-19H2,1-4H3/t21-/m1/s1. The summed E-state index contributed by atoms with van der Waals surface area (Å²) >= 11 is 0. The Bertz CT molecular complexity index is 1280. The molecule has 0 aliphatic rings. The van der Waals surface area contributed by atoms with E-state index in [0.717, 1.165) is 22.3 Å². The third-order valence-corrected chi connectivity index (χ3v) is 8.50. The zero-order valence-corrected chi connectivity index (χ0v) is 21.1. The minimum Gasteiger partial charge on any atom is -0.224 e. The number of nitrogens with zero attached hydrogens (tertiary/aromatic N) is 1. The molecule has 0 unspecified atom stereocenters. The van der Waals surface area contributed by atoms with Crippen LogP contribution < -0.4 is 0 Å². The van der Waals surface area contributed by atoms with E-state index in [0.29, 0.717) is 6.54 Å². The maximum atomic E-state index is 13.3. The first-order valence-electron chi connectivity index (χ1n) is 10.9. The van der Waals surface area contributed by atoms with Crippen LogP contribution in [0.4, 0.5) is 0 Å². The van der Waals surface area contributed by atoms with Crippen LogP contribution in [0.2, 0.25) is 0 Å². The molecule has 5 nitrogen and oxygen atoms in total. The molecule has 33 heavy (non-hydrogen) atoms. The van der Waals surface area contributed by atoms with Crippen molar-refractivity contribution in [2.24, 2.45) is 5.92 Å². The molecule has 0 amide bonds. The molecule has 0 spiro atoms. The largest absolute Gasteiger partial charge is 0.224 e. The molecule has 0 fully saturated rings. The zero-order valence-electron chi connectivity index (χ0n) is 19.5. The molecule has 0 saturated carbocycles. The molecule has 0 aliphatic heterocycles. The van der Waals surface area contributed by atoms with Gasteiger partial charge in [-0.15, -0.1) is 0 Å². The van der Waals surface area contributed by atoms with Crippen LogP contribution in [-0.4, -0.2) is 33.9 Å². The van der Waals surface area contributed by atoms with Gasteiger partial charge in [0.2, 0.25) is 10.0 Å². The summed E-state index contributed by atoms with van der Waals surface area (Å²) in [6.07, 6.45) is 1.19. The SMILES string of the molecule is CC(C)CN([C@H](C)c1ccc(-c2cccc(S(C)(=O)=O)c2)cc1)S(=O)(=O)Cc1ccccc1. The number of hydrogen-bond acceptors (Lipinski definition) is 4. The van der Waals surface area contributed by atoms with E-state index in [-0.39, 0.29) is 22.6 Å². The Labute approximate surface area is 198 Å². The lowest BCUT2D eigenvalue weighted by Crippen LogP contribution is -2.37. The number of rotatable bonds is 9. The quantitative estimate of drug-likeness (QED) is 0.412. The molecular weight excluding hydrogens is 454 g/mol. The molecule has 1 atom stereocenters. The van der Waals surface area contributed by atoms with E-state index in [1.54, 1.807) is 22.5 Å². The summed E-state index contributed by atoms with van der Waals surface area (Å²) in [6, 6.07) is 23.4. The fraction of sp³-hybridized carbons (Fsp3) is 0.308. The Morgan fingerprint density at radius 3 is 1.97 bits per heavy atom. The Hall–Kier alpha value is -2.48. The molecule has 176 valence electrons. The van der Waals surface area contributed by atoms with Crippen LogP contribution >= 0.6 is 0 Å². The summed E-state index contributed by atoms with van der Waals surface area (Å²) in [7, 11) is -6.83. The Kier molecular flexibility index (Phi) is 7.77. The molecule has 0 bridgehead atoms. The highest BCUT2D eigenvalue weighted by atomic mass is 32.2. The second-order valence-corrected chi connectivity index (χ2v) is 12.7. The lowest BCUT2D eigenvalue weighted by Gasteiger charge is -2.30. The first-order valence-corrected chi connectivity index (χ1v) is 14.4. The van der Waals surface area contributed by atoms with Crippen molar-refractivity contribution >= 4 is 19.9 Å². The topological polar surface area (TPSA) is 71.5 Å². The molecule has 3 aromatic carbocycles. The number of sulfonamides is 1. The third-order valence-electron chi connectivity index (χ3n) is 5.51. The minimum absolute atomic E-state index is 0.0404. The van der Waals surface area contributed by atoms with Gasteiger partial charge in [-0.25, -0.2) is 16.8 Å². The number of hydrogen-bond donors (Lipinski definition) is 0. The molecule has 0 radical (unpaired) electrons. The van der Waals surface area contributed by atoms with Crippen LogP contribution in [0.15, 0.2) is 83.8 Å². The van der Waals surface area contributed by atoms with E-state index in [4.69, 9.17) is 0 Å². The van der Waals surface area contributed by atoms with Gasteiger partial charge in [-0.2, -0.15) is 4.31 Å². The highest BCUT2D eigenvalue weighted by Gasteiger charge is 2.29. The Morgan fingerprint density at radius 1 is 0.758 bits per heavy atom. The van der Waals surface area contributed by atoms with E-state index in [1.165, 1.54) is 6.26 Å². The van der Waals surface area contributed by atoms with Gasteiger partial charge < -0.3 is 0 Å². The van der Waals surface area contributed by atoms with Crippen molar-refractivity contribution in [2.45, 2.75) is 37.5 Å². The fourth-order valence-electron chi connectivity index (χ4n) is 3.77. The molecule has 7 heteroatoms. The maximum Gasteiger partial charge on any atom is 0.218 e. The molecule has 0 aliphatic carbocycles. The molecule has 0 saturated heterocycles. The summed E-state index contributed by atoms with van der Waals surface area (Å²) in [4.78, 5) is 0.271. The van der Waals surface area contributed by atoms with Gasteiger partial charge in [-0.05, 0) is 47.2 Å². The molecular formula is C26H31NO4S2. The Morgan fingerprint density at radius 2 is 1.39 bits per heavy atom. The van der Waals surface area contributed by atoms with Crippen LogP contribution in [0.5, 0.6) is 0 Å². The van der Waals surface area contributed by atoms with Gasteiger partial charge >= 0.3 is 0 Å². The van der Waals surface area contributed by atoms with E-state index in [9.17, 15) is 16.8 Å². The number of benzene rings is 3. The van der Waals surface area contributed by atoms with Gasteiger partial charge in [0.25, 0.3) is 0 Å². The average molecular weight is 486 g/mol. The van der Waals surface area contributed by atoms with Crippen molar-refractivity contribution < 1.29 is 16.8 Å². The highest BCUT2D eigenvalue weighted by molar-refractivity contribution is 7.90. The second kappa shape index (κ2) is 10.2. The van der Waals surface area contributed by atoms with Gasteiger partial charge in [0.05, 0.1) is 10.6 Å². The van der Waals surface area contributed by atoms with Gasteiger partial charge in [0.15, 0.2) is 9.84 Å². The van der Waals surface area contributed by atoms with Crippen molar-refractivity contribution in [3.8, 4) is 11.1 Å². The summed E-state index contributed by atoms with van der Waals surface area (Å²) in [5.41, 5.74) is 3.32. The molecule has 0 heterocycles. The van der Waals surface area contributed by atoms with Crippen LogP contribution in [0.25, 0.3) is 11.1 Å². The van der Waals surface area contributed by atoms with Gasteiger partial charge in [0.1, 0.15) is 0 Å². The minimum atomic E-state index is -3.54. The lowest BCUT2D eigenvalue weighted by molar-refractivity contribution is 0.308. The van der Waals surface area contributed by atoms with Crippen LogP contribution in [0.1, 0.15) is 37.9 Å². The zero-order chi connectivity index (χ0) is 24.2. The average Bonchev–Trinajstić information content (AvgIpc) is 2.77. The van der Waals surface area contributed by atoms with E-state index in [1.807, 2.05) is 81.4 Å². The van der Waals surface area contributed by atoms with Gasteiger partial charge in [-0.3, -0.25) is 0 Å². The van der Waals surface area contributed by atoms with E-state index < -0.39 is 19.9 Å². The molecule has 3 rings (SSSR count). The second-order valence-electron chi connectivity index (χ2n) is 8.80. The van der Waals surface area contributed by atoms with Crippen molar-refractivity contribution in [1.29, 1.82) is 0 Å². The van der Waals surface area contributed by atoms with Crippen molar-refractivity contribution in [2.75, 3.05) is 12.8 Å². The van der Waals surface area contributed by atoms with Crippen molar-refractivity contribution in [1.82, 2.24) is 4.31 Å². The molecule has 0 N–H and O–H groups in total. The normalized spacial score (nSPS) is 13.4. The fourth-order valence-corrected chi connectivity index (χ4v) is 6.34. The monoisotopic (exact) mass is 485 g/mol. The van der Waals surface area contributed by atoms with Crippen LogP contribution in [0.3, 0.4) is 0 Å². The lowest BCUT2D eigenvalue weighted by atomic mass is 10.0. The first-order chi connectivity index (χ1) is 15.5. The van der Waals surface area contributed by atoms with Crippen molar-refractivity contribution in [3.05, 3.63) is 90.0 Å². The van der Waals surface area contributed by atoms with Crippen LogP contribution in [-0.2, 0) is 25.6 Å². The van der Waals surface area contributed by atoms with E-state index >= 15 is 0 Å². The third kappa shape index (κ3) is 6.53. The summed E-state index contributed by atoms with van der Waals surface area (Å²) in [5.74, 6) is 0.136. The van der Waals surface area contributed by atoms with Gasteiger partial charge in [0, 0.05) is 18.8 Å². The Balaban J connectivity index is 1.89. The summed E-state index contributed by atoms with van der Waals surface area (Å²) in [5, 5.41) is 0. The maximum absolute atomic E-state index is 13.3. The van der Waals surface area contributed by atoms with E-state index in [2.05, 4.69) is 0 Å².